The van der Waals surface area contributed by atoms with E-state index in [-0.39, 0.29) is 6.04 Å². The van der Waals surface area contributed by atoms with Gasteiger partial charge in [0.15, 0.2) is 0 Å². The number of carbonyl (C=O) groups excluding carboxylic acids is 2. The highest BCUT2D eigenvalue weighted by molar-refractivity contribution is 6.35. The molecule has 2 aliphatic heterocycles. The number of piperazine rings is 2. The Morgan fingerprint density at radius 3 is 2.87 bits per heavy atom. The lowest BCUT2D eigenvalue weighted by molar-refractivity contribution is -0.152. The van der Waals surface area contributed by atoms with Gasteiger partial charge in [-0.15, -0.1) is 0 Å². The maximum Gasteiger partial charge on any atom is 0.312 e. The summed E-state index contributed by atoms with van der Waals surface area (Å²) < 4.78 is 0. The van der Waals surface area contributed by atoms with Crippen LogP contribution in [0, 0.1) is 0 Å². The highest BCUT2D eigenvalue weighted by Gasteiger charge is 2.37. The molecule has 0 spiro atoms. The first kappa shape index (κ1) is 15.9. The zero-order valence-corrected chi connectivity index (χ0v) is 13.9. The van der Waals surface area contributed by atoms with Crippen molar-refractivity contribution in [3.63, 3.8) is 0 Å². The second-order valence-electron chi connectivity index (χ2n) is 5.96. The van der Waals surface area contributed by atoms with Crippen molar-refractivity contribution in [1.82, 2.24) is 25.1 Å². The van der Waals surface area contributed by atoms with Crippen LogP contribution in [0.5, 0.6) is 0 Å². The molecule has 0 bridgehead atoms. The molecule has 0 saturated carbocycles. The Hall–Kier alpha value is -1.93. The maximum absolute atomic E-state index is 11.9. The molecule has 1 aromatic heterocycles. The quantitative estimate of drug-likeness (QED) is 0.582. The van der Waals surface area contributed by atoms with Crippen molar-refractivity contribution in [2.45, 2.75) is 12.6 Å². The molecule has 1 atom stereocenters. The van der Waals surface area contributed by atoms with E-state index in [0.29, 0.717) is 37.9 Å². The second kappa shape index (κ2) is 6.29. The molecule has 2 fully saturated rings. The van der Waals surface area contributed by atoms with Gasteiger partial charge in [0, 0.05) is 52.4 Å². The molecule has 2 aliphatic rings. The van der Waals surface area contributed by atoms with Gasteiger partial charge >= 0.3 is 11.8 Å². The lowest BCUT2D eigenvalue weighted by atomic mass is 10.1. The van der Waals surface area contributed by atoms with Gasteiger partial charge in [0.2, 0.25) is 0 Å². The van der Waals surface area contributed by atoms with Crippen LogP contribution in [0.25, 0.3) is 0 Å². The Bertz CT molecular complexity index is 638. The number of hydrogen-bond acceptors (Lipinski definition) is 6. The highest BCUT2D eigenvalue weighted by Crippen LogP contribution is 2.25. The Morgan fingerprint density at radius 1 is 1.35 bits per heavy atom. The highest BCUT2D eigenvalue weighted by atomic mass is 35.5. The Morgan fingerprint density at radius 2 is 2.13 bits per heavy atom. The minimum absolute atomic E-state index is 0.000150. The largest absolute Gasteiger partial charge is 0.362 e. The first-order chi connectivity index (χ1) is 11.0. The van der Waals surface area contributed by atoms with Crippen LogP contribution >= 0.6 is 11.6 Å². The van der Waals surface area contributed by atoms with Gasteiger partial charge in [0.1, 0.15) is 17.3 Å². The molecule has 0 radical (unpaired) electrons. The Kier molecular flexibility index (Phi) is 4.36. The minimum atomic E-state index is -0.510. The molecule has 8 nitrogen and oxygen atoms in total. The number of hydrogen-bond donors (Lipinski definition) is 1. The van der Waals surface area contributed by atoms with Gasteiger partial charge < -0.3 is 15.1 Å². The third-order valence-corrected chi connectivity index (χ3v) is 4.52. The van der Waals surface area contributed by atoms with Crippen molar-refractivity contribution >= 4 is 29.2 Å². The third kappa shape index (κ3) is 3.09. The molecule has 1 aromatic rings. The molecular formula is C14H19ClN6O2. The van der Waals surface area contributed by atoms with Crippen molar-refractivity contribution in [3.8, 4) is 0 Å². The van der Waals surface area contributed by atoms with Gasteiger partial charge in [-0.05, 0) is 0 Å². The number of fused-ring (bicyclic) bond motifs is 1. The van der Waals surface area contributed by atoms with E-state index < -0.39 is 11.8 Å². The number of carbonyl (C=O) groups is 2. The monoisotopic (exact) mass is 338 g/mol. The molecule has 1 unspecified atom stereocenters. The lowest BCUT2D eigenvalue weighted by Gasteiger charge is -2.43. The Balaban J connectivity index is 1.74. The molecule has 2 amide bonds. The van der Waals surface area contributed by atoms with E-state index in [9.17, 15) is 9.59 Å². The van der Waals surface area contributed by atoms with Crippen LogP contribution in [0.1, 0.15) is 5.56 Å². The first-order valence-electron chi connectivity index (χ1n) is 7.45. The lowest BCUT2D eigenvalue weighted by Crippen LogP contribution is -2.65. The van der Waals surface area contributed by atoms with Crippen LogP contribution < -0.4 is 10.2 Å². The number of halogens is 1. The average molecular weight is 339 g/mol. The number of amides is 2. The SMILES string of the molecule is CN(C)c1ncnc(Cl)c1CN1CCN2C(=O)C(=O)NCC2C1. The van der Waals surface area contributed by atoms with Crippen LogP contribution in [0.4, 0.5) is 5.82 Å². The van der Waals surface area contributed by atoms with Crippen LogP contribution in [0.2, 0.25) is 5.15 Å². The van der Waals surface area contributed by atoms with E-state index in [1.54, 1.807) is 4.90 Å². The smallest absolute Gasteiger partial charge is 0.312 e. The number of nitrogens with one attached hydrogen (secondary N) is 1. The van der Waals surface area contributed by atoms with E-state index in [4.69, 9.17) is 11.6 Å². The number of anilines is 1. The van der Waals surface area contributed by atoms with Gasteiger partial charge in [-0.3, -0.25) is 14.5 Å². The van der Waals surface area contributed by atoms with E-state index >= 15 is 0 Å². The molecule has 0 aliphatic carbocycles. The summed E-state index contributed by atoms with van der Waals surface area (Å²) in [6, 6.07) is 0.000150. The standard InChI is InChI=1S/C14H19ClN6O2/c1-19(2)12-10(11(15)17-8-18-12)7-20-3-4-21-9(6-20)5-16-13(22)14(21)23/h8-9H,3-7H2,1-2H3,(H,16,22). The number of nitrogens with zero attached hydrogens (tertiary/aromatic N) is 5. The summed E-state index contributed by atoms with van der Waals surface area (Å²) in [5.74, 6) is -0.152. The minimum Gasteiger partial charge on any atom is -0.362 e. The molecule has 0 aromatic carbocycles. The first-order valence-corrected chi connectivity index (χ1v) is 7.83. The summed E-state index contributed by atoms with van der Waals surface area (Å²) in [5, 5.41) is 3.08. The van der Waals surface area contributed by atoms with Crippen LogP contribution in [0.15, 0.2) is 6.33 Å². The normalized spacial score (nSPS) is 21.9. The van der Waals surface area contributed by atoms with Crippen molar-refractivity contribution < 1.29 is 9.59 Å². The van der Waals surface area contributed by atoms with Gasteiger partial charge in [-0.25, -0.2) is 9.97 Å². The predicted molar refractivity (Wildman–Crippen MR) is 85.2 cm³/mol. The predicted octanol–water partition coefficient (Wildman–Crippen LogP) is -0.661. The molecule has 124 valence electrons. The maximum atomic E-state index is 11.9. The fourth-order valence-electron chi connectivity index (χ4n) is 3.05. The van der Waals surface area contributed by atoms with Crippen molar-refractivity contribution in [2.24, 2.45) is 0 Å². The molecule has 9 heteroatoms. The fraction of sp³-hybridized carbons (Fsp3) is 0.571. The van der Waals surface area contributed by atoms with Crippen molar-refractivity contribution in [1.29, 1.82) is 0 Å². The van der Waals surface area contributed by atoms with Gasteiger partial charge in [0.05, 0.1) is 6.04 Å². The van der Waals surface area contributed by atoms with Crippen LogP contribution in [-0.2, 0) is 16.1 Å². The average Bonchev–Trinajstić information content (AvgIpc) is 2.53. The van der Waals surface area contributed by atoms with E-state index in [1.807, 2.05) is 19.0 Å². The second-order valence-corrected chi connectivity index (χ2v) is 6.32. The molecule has 1 N–H and O–H groups in total. The fourth-order valence-corrected chi connectivity index (χ4v) is 3.24. The zero-order chi connectivity index (χ0) is 16.6. The van der Waals surface area contributed by atoms with Crippen molar-refractivity contribution in [3.05, 3.63) is 17.0 Å². The number of aromatic nitrogens is 2. The van der Waals surface area contributed by atoms with Gasteiger partial charge in [-0.2, -0.15) is 0 Å². The molecule has 3 rings (SSSR count). The van der Waals surface area contributed by atoms with Gasteiger partial charge in [-0.1, -0.05) is 11.6 Å². The molecule has 3 heterocycles. The molecule has 2 saturated heterocycles. The summed E-state index contributed by atoms with van der Waals surface area (Å²) >= 11 is 6.25. The topological polar surface area (TPSA) is 81.7 Å². The summed E-state index contributed by atoms with van der Waals surface area (Å²) in [6.45, 7) is 3.01. The Labute approximate surface area is 139 Å². The summed E-state index contributed by atoms with van der Waals surface area (Å²) in [6.07, 6.45) is 1.45. The number of rotatable bonds is 3. The van der Waals surface area contributed by atoms with E-state index in [2.05, 4.69) is 20.2 Å². The van der Waals surface area contributed by atoms with E-state index in [1.165, 1.54) is 6.33 Å². The zero-order valence-electron chi connectivity index (χ0n) is 13.1. The summed E-state index contributed by atoms with van der Waals surface area (Å²) in [4.78, 5) is 37.4. The van der Waals surface area contributed by atoms with Crippen molar-refractivity contribution in [2.75, 3.05) is 45.2 Å². The summed E-state index contributed by atoms with van der Waals surface area (Å²) in [5.41, 5.74) is 0.874. The van der Waals surface area contributed by atoms with Gasteiger partial charge in [0.25, 0.3) is 0 Å². The van der Waals surface area contributed by atoms with Crippen LogP contribution in [-0.4, -0.2) is 77.9 Å². The van der Waals surface area contributed by atoms with Crippen LogP contribution in [0.3, 0.4) is 0 Å². The van der Waals surface area contributed by atoms with E-state index in [0.717, 1.165) is 11.4 Å². The molecule has 23 heavy (non-hydrogen) atoms. The third-order valence-electron chi connectivity index (χ3n) is 4.20. The summed E-state index contributed by atoms with van der Waals surface area (Å²) in [7, 11) is 3.82. The molecular weight excluding hydrogens is 320 g/mol.